The van der Waals surface area contributed by atoms with Gasteiger partial charge in [0.05, 0.1) is 6.20 Å². The van der Waals surface area contributed by atoms with Gasteiger partial charge >= 0.3 is 0 Å². The zero-order valence-corrected chi connectivity index (χ0v) is 9.85. The molecule has 84 valence electrons. The molecule has 4 nitrogen and oxygen atoms in total. The van der Waals surface area contributed by atoms with Crippen LogP contribution in [-0.2, 0) is 6.42 Å². The van der Waals surface area contributed by atoms with Gasteiger partial charge in [0.1, 0.15) is 6.33 Å². The Labute approximate surface area is 99.3 Å². The highest BCUT2D eigenvalue weighted by atomic mass is 35.5. The number of nitrogens with zero attached hydrogens (tertiary/aromatic N) is 4. The molecule has 0 amide bonds. The summed E-state index contributed by atoms with van der Waals surface area (Å²) in [6.07, 6.45) is 7.30. The number of hydrogen-bond donors (Lipinski definition) is 0. The van der Waals surface area contributed by atoms with E-state index >= 15 is 0 Å². The predicted molar refractivity (Wildman–Crippen MR) is 62.9 cm³/mol. The lowest BCUT2D eigenvalue weighted by Crippen LogP contribution is -1.99. The summed E-state index contributed by atoms with van der Waals surface area (Å²) >= 11 is 5.65. The third kappa shape index (κ3) is 2.58. The van der Waals surface area contributed by atoms with E-state index in [-0.39, 0.29) is 0 Å². The van der Waals surface area contributed by atoms with Gasteiger partial charge in [-0.05, 0) is 25.3 Å². The normalized spacial score (nSPS) is 10.6. The van der Waals surface area contributed by atoms with Crippen molar-refractivity contribution in [2.75, 3.05) is 5.88 Å². The van der Waals surface area contributed by atoms with Crippen molar-refractivity contribution in [2.45, 2.75) is 19.8 Å². The largest absolute Gasteiger partial charge is 0.242 e. The molecule has 2 aromatic heterocycles. The molecule has 0 aliphatic carbocycles. The molecule has 0 bridgehead atoms. The van der Waals surface area contributed by atoms with Crippen molar-refractivity contribution in [3.8, 4) is 5.82 Å². The maximum Gasteiger partial charge on any atom is 0.156 e. The minimum atomic E-state index is 0.678. The highest BCUT2D eigenvalue weighted by molar-refractivity contribution is 6.17. The summed E-state index contributed by atoms with van der Waals surface area (Å²) in [4.78, 5) is 8.22. The summed E-state index contributed by atoms with van der Waals surface area (Å²) < 4.78 is 1.76. The number of rotatable bonds is 4. The monoisotopic (exact) mass is 236 g/mol. The lowest BCUT2D eigenvalue weighted by molar-refractivity contribution is 0.833. The van der Waals surface area contributed by atoms with Crippen molar-refractivity contribution < 1.29 is 0 Å². The summed E-state index contributed by atoms with van der Waals surface area (Å²) in [6, 6.07) is 1.90. The molecule has 0 radical (unpaired) electrons. The minimum Gasteiger partial charge on any atom is -0.242 e. The van der Waals surface area contributed by atoms with Gasteiger partial charge in [-0.1, -0.05) is 0 Å². The molecule has 0 saturated heterocycles. The van der Waals surface area contributed by atoms with Crippen LogP contribution in [0, 0.1) is 6.92 Å². The van der Waals surface area contributed by atoms with Crippen LogP contribution in [0.5, 0.6) is 0 Å². The molecular formula is C11H13ClN4. The van der Waals surface area contributed by atoms with Gasteiger partial charge in [0.25, 0.3) is 0 Å². The standard InChI is InChI=1S/C11H13ClN4/c1-9-5-11(14-8-13-9)16-7-10(6-15-16)3-2-4-12/h5-8H,2-4H2,1H3. The van der Waals surface area contributed by atoms with E-state index in [4.69, 9.17) is 11.6 Å². The summed E-state index contributed by atoms with van der Waals surface area (Å²) in [5.74, 6) is 1.47. The lowest BCUT2D eigenvalue weighted by atomic mass is 10.2. The van der Waals surface area contributed by atoms with Crippen molar-refractivity contribution >= 4 is 11.6 Å². The molecule has 2 aromatic rings. The van der Waals surface area contributed by atoms with Crippen LogP contribution in [0.25, 0.3) is 5.82 Å². The van der Waals surface area contributed by atoms with Gasteiger partial charge in [-0.15, -0.1) is 11.6 Å². The Bertz CT molecular complexity index is 467. The first-order valence-electron chi connectivity index (χ1n) is 5.18. The van der Waals surface area contributed by atoms with E-state index in [1.807, 2.05) is 25.4 Å². The zero-order chi connectivity index (χ0) is 11.4. The van der Waals surface area contributed by atoms with E-state index in [0.717, 1.165) is 24.4 Å². The van der Waals surface area contributed by atoms with Gasteiger partial charge in [-0.2, -0.15) is 5.10 Å². The van der Waals surface area contributed by atoms with Crippen molar-refractivity contribution in [3.63, 3.8) is 0 Å². The molecule has 0 unspecified atom stereocenters. The van der Waals surface area contributed by atoms with Gasteiger partial charge < -0.3 is 0 Å². The second-order valence-electron chi connectivity index (χ2n) is 3.60. The van der Waals surface area contributed by atoms with Crippen LogP contribution in [0.2, 0.25) is 0 Å². The number of halogens is 1. The highest BCUT2D eigenvalue weighted by Crippen LogP contribution is 2.07. The fourth-order valence-corrected chi connectivity index (χ4v) is 1.58. The van der Waals surface area contributed by atoms with E-state index in [0.29, 0.717) is 5.88 Å². The smallest absolute Gasteiger partial charge is 0.156 e. The molecule has 0 aromatic carbocycles. The number of aryl methyl sites for hydroxylation is 2. The van der Waals surface area contributed by atoms with Crippen LogP contribution in [0.15, 0.2) is 24.8 Å². The first-order valence-corrected chi connectivity index (χ1v) is 5.71. The van der Waals surface area contributed by atoms with Crippen molar-refractivity contribution in [1.82, 2.24) is 19.7 Å². The van der Waals surface area contributed by atoms with Crippen molar-refractivity contribution in [2.24, 2.45) is 0 Å². The van der Waals surface area contributed by atoms with E-state index in [1.54, 1.807) is 11.0 Å². The van der Waals surface area contributed by atoms with E-state index in [1.165, 1.54) is 5.56 Å². The molecule has 0 spiro atoms. The second kappa shape index (κ2) is 5.07. The topological polar surface area (TPSA) is 43.6 Å². The van der Waals surface area contributed by atoms with Crippen LogP contribution in [0.1, 0.15) is 17.7 Å². The van der Waals surface area contributed by atoms with Crippen molar-refractivity contribution in [1.29, 1.82) is 0 Å². The molecule has 5 heteroatoms. The average molecular weight is 237 g/mol. The van der Waals surface area contributed by atoms with E-state index in [9.17, 15) is 0 Å². The highest BCUT2D eigenvalue weighted by Gasteiger charge is 2.02. The van der Waals surface area contributed by atoms with Crippen LogP contribution >= 0.6 is 11.6 Å². The molecule has 0 atom stereocenters. The Morgan fingerprint density at radius 3 is 3.00 bits per heavy atom. The van der Waals surface area contributed by atoms with Crippen LogP contribution in [0.3, 0.4) is 0 Å². The molecule has 0 N–H and O–H groups in total. The summed E-state index contributed by atoms with van der Waals surface area (Å²) in [6.45, 7) is 1.93. The number of alkyl halides is 1. The maximum atomic E-state index is 5.65. The fraction of sp³-hybridized carbons (Fsp3) is 0.364. The lowest BCUT2D eigenvalue weighted by Gasteiger charge is -1.99. The van der Waals surface area contributed by atoms with Crippen LogP contribution in [0.4, 0.5) is 0 Å². The van der Waals surface area contributed by atoms with Gasteiger partial charge in [0.15, 0.2) is 5.82 Å². The summed E-state index contributed by atoms with van der Waals surface area (Å²) in [5, 5.41) is 4.26. The second-order valence-corrected chi connectivity index (χ2v) is 3.98. The Balaban J connectivity index is 2.18. The van der Waals surface area contributed by atoms with Crippen LogP contribution < -0.4 is 0 Å². The fourth-order valence-electron chi connectivity index (χ4n) is 1.45. The molecule has 2 rings (SSSR count). The molecule has 0 aliphatic heterocycles. The van der Waals surface area contributed by atoms with Crippen molar-refractivity contribution in [3.05, 3.63) is 36.0 Å². The number of hydrogen-bond acceptors (Lipinski definition) is 3. The van der Waals surface area contributed by atoms with Gasteiger partial charge in [0, 0.05) is 23.8 Å². The Kier molecular flexibility index (Phi) is 3.51. The predicted octanol–water partition coefficient (Wildman–Crippen LogP) is 2.14. The van der Waals surface area contributed by atoms with E-state index < -0.39 is 0 Å². The van der Waals surface area contributed by atoms with Crippen LogP contribution in [-0.4, -0.2) is 25.6 Å². The first-order chi connectivity index (χ1) is 7.79. The van der Waals surface area contributed by atoms with Gasteiger partial charge in [-0.3, -0.25) is 0 Å². The quantitative estimate of drug-likeness (QED) is 0.764. The summed E-state index contributed by atoms with van der Waals surface area (Å²) in [7, 11) is 0. The minimum absolute atomic E-state index is 0.678. The molecule has 0 saturated carbocycles. The molecular weight excluding hydrogens is 224 g/mol. The molecule has 2 heterocycles. The zero-order valence-electron chi connectivity index (χ0n) is 9.10. The number of aromatic nitrogens is 4. The average Bonchev–Trinajstić information content (AvgIpc) is 2.75. The third-order valence-corrected chi connectivity index (χ3v) is 2.53. The summed E-state index contributed by atoms with van der Waals surface area (Å²) in [5.41, 5.74) is 2.11. The Hall–Kier alpha value is -1.42. The SMILES string of the molecule is Cc1cc(-n2cc(CCCCl)cn2)ncn1. The molecule has 0 aliphatic rings. The van der Waals surface area contributed by atoms with E-state index in [2.05, 4.69) is 15.1 Å². The molecule has 0 fully saturated rings. The maximum absolute atomic E-state index is 5.65. The Morgan fingerprint density at radius 2 is 2.25 bits per heavy atom. The first kappa shape index (κ1) is 11.1. The van der Waals surface area contributed by atoms with Gasteiger partial charge in [0.2, 0.25) is 0 Å². The van der Waals surface area contributed by atoms with Gasteiger partial charge in [-0.25, -0.2) is 14.6 Å². The third-order valence-electron chi connectivity index (χ3n) is 2.26. The molecule has 16 heavy (non-hydrogen) atoms. The Morgan fingerprint density at radius 1 is 1.38 bits per heavy atom.